The molecule has 5 nitrogen and oxygen atoms in total. The van der Waals surface area contributed by atoms with Crippen molar-refractivity contribution in [1.82, 2.24) is 10.2 Å². The topological polar surface area (TPSA) is 68.6 Å². The lowest BCUT2D eigenvalue weighted by Gasteiger charge is -2.24. The maximum absolute atomic E-state index is 13.2. The molecule has 1 N–H and O–H groups in total. The molecule has 0 saturated carbocycles. The fraction of sp³-hybridized carbons (Fsp3) is 0.391. The van der Waals surface area contributed by atoms with E-state index < -0.39 is 0 Å². The summed E-state index contributed by atoms with van der Waals surface area (Å²) < 4.78 is 6.18. The van der Waals surface area contributed by atoms with Crippen LogP contribution in [-0.4, -0.2) is 60.5 Å². The van der Waals surface area contributed by atoms with Gasteiger partial charge in [-0.25, -0.2) is 0 Å². The highest BCUT2D eigenvalue weighted by atomic mass is 35.5. The molecule has 1 aliphatic heterocycles. The molecule has 5 rings (SSSR count). The number of carbonyl (C=O) groups excluding carboxylic acids is 2. The number of benzene rings is 2. The predicted octanol–water partition coefficient (Wildman–Crippen LogP) is 3.19. The predicted molar refractivity (Wildman–Crippen MR) is 116 cm³/mol. The summed E-state index contributed by atoms with van der Waals surface area (Å²) in [5, 5.41) is 3.43. The normalized spacial score (nSPS) is 20.6. The van der Waals surface area contributed by atoms with Crippen LogP contribution in [-0.2, 0) is 6.42 Å². The molecule has 7 heteroatoms. The van der Waals surface area contributed by atoms with Crippen LogP contribution in [0.3, 0.4) is 0 Å². The maximum atomic E-state index is 13.2. The Morgan fingerprint density at radius 1 is 1.00 bits per heavy atom. The van der Waals surface area contributed by atoms with Crippen molar-refractivity contribution in [1.29, 1.82) is 0 Å². The van der Waals surface area contributed by atoms with Gasteiger partial charge in [-0.15, -0.1) is 23.2 Å². The van der Waals surface area contributed by atoms with Crippen molar-refractivity contribution in [3.63, 3.8) is 0 Å². The van der Waals surface area contributed by atoms with Gasteiger partial charge in [-0.3, -0.25) is 14.5 Å². The number of ketones is 2. The smallest absolute Gasteiger partial charge is 0.194 e. The van der Waals surface area contributed by atoms with Crippen molar-refractivity contribution in [2.75, 3.05) is 38.0 Å². The average Bonchev–Trinajstić information content (AvgIpc) is 3.41. The van der Waals surface area contributed by atoms with E-state index in [9.17, 15) is 9.59 Å². The Kier molecular flexibility index (Phi) is 5.31. The largest absolute Gasteiger partial charge is 0.492 e. The molecule has 2 aromatic carbocycles. The molecule has 0 spiro atoms. The number of rotatable bonds is 8. The van der Waals surface area contributed by atoms with Gasteiger partial charge in [0.15, 0.2) is 11.6 Å². The number of halogens is 2. The van der Waals surface area contributed by atoms with Gasteiger partial charge >= 0.3 is 0 Å². The Labute approximate surface area is 185 Å². The molecule has 1 fully saturated rings. The average molecular weight is 445 g/mol. The number of nitrogens with one attached hydrogen (secondary N) is 1. The molecule has 2 aromatic rings. The Balaban J connectivity index is 1.48. The number of hydrogen-bond acceptors (Lipinski definition) is 5. The molecule has 3 aliphatic rings. The van der Waals surface area contributed by atoms with Gasteiger partial charge in [-0.05, 0) is 18.1 Å². The van der Waals surface area contributed by atoms with E-state index in [0.717, 1.165) is 30.6 Å². The standard InChI is InChI=1S/C23H22Cl2N2O3/c24-5-7-27(8-6-25)9-10-30-18-12-16-19(15-11-17-21(26-17)20(15)18)23(29)14-4-2-1-3-13(14)22(16)28/h1-4,12,17,21,26H,5-11H2/t17-,21-/m1/s1. The summed E-state index contributed by atoms with van der Waals surface area (Å²) in [5.41, 5.74) is 4.02. The minimum atomic E-state index is -0.104. The van der Waals surface area contributed by atoms with Gasteiger partial charge in [0.05, 0.1) is 6.04 Å². The third-order valence-corrected chi connectivity index (χ3v) is 6.55. The monoisotopic (exact) mass is 444 g/mol. The number of hydrogen-bond donors (Lipinski definition) is 1. The highest BCUT2D eigenvalue weighted by Gasteiger charge is 2.50. The maximum Gasteiger partial charge on any atom is 0.194 e. The van der Waals surface area contributed by atoms with Crippen LogP contribution in [0.1, 0.15) is 49.0 Å². The zero-order valence-corrected chi connectivity index (χ0v) is 17.9. The van der Waals surface area contributed by atoms with Gasteiger partial charge < -0.3 is 10.1 Å². The van der Waals surface area contributed by atoms with Crippen molar-refractivity contribution in [2.24, 2.45) is 0 Å². The molecular formula is C23H22Cl2N2O3. The van der Waals surface area contributed by atoms with Crippen LogP contribution < -0.4 is 10.1 Å². The lowest BCUT2D eigenvalue weighted by atomic mass is 9.80. The van der Waals surface area contributed by atoms with Crippen molar-refractivity contribution in [3.8, 4) is 5.75 Å². The quantitative estimate of drug-likeness (QED) is 0.426. The highest BCUT2D eigenvalue weighted by molar-refractivity contribution is 6.29. The van der Waals surface area contributed by atoms with Crippen molar-refractivity contribution in [3.05, 3.63) is 63.7 Å². The molecule has 1 heterocycles. The van der Waals surface area contributed by atoms with E-state index >= 15 is 0 Å². The molecular weight excluding hydrogens is 423 g/mol. The van der Waals surface area contributed by atoms with Crippen LogP contribution >= 0.6 is 23.2 Å². The summed E-state index contributed by atoms with van der Waals surface area (Å²) in [6.07, 6.45) is 0.755. The Hall–Kier alpha value is -1.92. The van der Waals surface area contributed by atoms with E-state index in [0.29, 0.717) is 59.0 Å². The number of fused-ring (bicyclic) bond motifs is 6. The second-order valence-corrected chi connectivity index (χ2v) is 8.67. The Morgan fingerprint density at radius 3 is 2.40 bits per heavy atom. The van der Waals surface area contributed by atoms with Gasteiger partial charge in [-0.1, -0.05) is 24.3 Å². The Morgan fingerprint density at radius 2 is 1.70 bits per heavy atom. The van der Waals surface area contributed by atoms with Gasteiger partial charge in [-0.2, -0.15) is 0 Å². The molecule has 30 heavy (non-hydrogen) atoms. The number of ether oxygens (including phenoxy) is 1. The second kappa shape index (κ2) is 7.97. The molecule has 0 radical (unpaired) electrons. The molecule has 2 atom stereocenters. The van der Waals surface area contributed by atoms with E-state index in [1.54, 1.807) is 30.3 Å². The van der Waals surface area contributed by atoms with E-state index in [-0.39, 0.29) is 17.6 Å². The van der Waals surface area contributed by atoms with Gasteiger partial charge in [0.25, 0.3) is 0 Å². The van der Waals surface area contributed by atoms with Crippen LogP contribution in [0.5, 0.6) is 5.75 Å². The molecule has 0 bridgehead atoms. The lowest BCUT2D eigenvalue weighted by molar-refractivity contribution is 0.0978. The van der Waals surface area contributed by atoms with Crippen LogP contribution in [0.25, 0.3) is 0 Å². The van der Waals surface area contributed by atoms with Crippen molar-refractivity contribution < 1.29 is 14.3 Å². The summed E-state index contributed by atoms with van der Waals surface area (Å²) >= 11 is 11.8. The summed E-state index contributed by atoms with van der Waals surface area (Å²) in [5.74, 6) is 1.62. The third-order valence-electron chi connectivity index (χ3n) is 6.21. The molecule has 2 aliphatic carbocycles. The summed E-state index contributed by atoms with van der Waals surface area (Å²) in [6, 6.07) is 9.38. The van der Waals surface area contributed by atoms with Crippen LogP contribution in [0.4, 0.5) is 0 Å². The van der Waals surface area contributed by atoms with Crippen molar-refractivity contribution >= 4 is 34.8 Å². The molecule has 1 saturated heterocycles. The summed E-state index contributed by atoms with van der Waals surface area (Å²) in [6.45, 7) is 2.66. The number of carbonyl (C=O) groups is 2. The first-order valence-electron chi connectivity index (χ1n) is 10.3. The second-order valence-electron chi connectivity index (χ2n) is 7.92. The first-order chi connectivity index (χ1) is 14.6. The fourth-order valence-electron chi connectivity index (χ4n) is 4.71. The first kappa shape index (κ1) is 20.0. The van der Waals surface area contributed by atoms with Crippen LogP contribution in [0.2, 0.25) is 0 Å². The summed E-state index contributed by atoms with van der Waals surface area (Å²) in [7, 11) is 0. The van der Waals surface area contributed by atoms with E-state index in [1.807, 2.05) is 0 Å². The van der Waals surface area contributed by atoms with Crippen LogP contribution in [0, 0.1) is 0 Å². The lowest BCUT2D eigenvalue weighted by Crippen LogP contribution is -2.32. The minimum absolute atomic E-state index is 0.0558. The SMILES string of the molecule is O=C1c2ccccc2C(=O)c2c1cc(OCCN(CCCl)CCCl)c1c2C[C@H]2N[C@@H]12. The molecule has 0 unspecified atom stereocenters. The Bertz CT molecular complexity index is 1030. The van der Waals surface area contributed by atoms with Crippen molar-refractivity contribution in [2.45, 2.75) is 18.5 Å². The number of alkyl halides is 2. The fourth-order valence-corrected chi connectivity index (χ4v) is 5.19. The van der Waals surface area contributed by atoms with Gasteiger partial charge in [0.1, 0.15) is 12.4 Å². The van der Waals surface area contributed by atoms with Gasteiger partial charge in [0.2, 0.25) is 0 Å². The molecule has 0 aromatic heterocycles. The zero-order valence-electron chi connectivity index (χ0n) is 16.4. The van der Waals surface area contributed by atoms with Gasteiger partial charge in [0, 0.05) is 65.3 Å². The summed E-state index contributed by atoms with van der Waals surface area (Å²) in [4.78, 5) is 28.6. The van der Waals surface area contributed by atoms with E-state index in [4.69, 9.17) is 27.9 Å². The van der Waals surface area contributed by atoms with E-state index in [2.05, 4.69) is 10.2 Å². The zero-order chi connectivity index (χ0) is 20.8. The highest BCUT2D eigenvalue weighted by Crippen LogP contribution is 2.50. The van der Waals surface area contributed by atoms with Crippen LogP contribution in [0.15, 0.2) is 30.3 Å². The molecule has 156 valence electrons. The number of nitrogens with zero attached hydrogens (tertiary/aromatic N) is 1. The molecule has 0 amide bonds. The van der Waals surface area contributed by atoms with E-state index in [1.165, 1.54) is 0 Å². The first-order valence-corrected chi connectivity index (χ1v) is 11.3. The third kappa shape index (κ3) is 3.25. The minimum Gasteiger partial charge on any atom is -0.492 e.